The maximum absolute atomic E-state index is 13.2. The molecule has 33 heavy (non-hydrogen) atoms. The Morgan fingerprint density at radius 3 is 2.70 bits per heavy atom. The van der Waals surface area contributed by atoms with E-state index in [4.69, 9.17) is 9.47 Å². The SMILES string of the molecule is Cc1ccc(-c2csc3ncn(CC(=O)NC(C)c4ccc5c(c4)OCCO5)c(=O)c23)cc1. The maximum Gasteiger partial charge on any atom is 0.263 e. The lowest BCUT2D eigenvalue weighted by atomic mass is 10.1. The van der Waals surface area contributed by atoms with Gasteiger partial charge in [0.1, 0.15) is 24.6 Å². The number of hydrogen-bond acceptors (Lipinski definition) is 6. The highest BCUT2D eigenvalue weighted by molar-refractivity contribution is 7.17. The van der Waals surface area contributed by atoms with Crippen molar-refractivity contribution in [3.63, 3.8) is 0 Å². The molecule has 168 valence electrons. The van der Waals surface area contributed by atoms with Gasteiger partial charge in [-0.3, -0.25) is 14.2 Å². The number of hydrogen-bond donors (Lipinski definition) is 1. The Hall–Kier alpha value is -3.65. The highest BCUT2D eigenvalue weighted by Crippen LogP contribution is 2.33. The third-order valence-electron chi connectivity index (χ3n) is 5.68. The molecule has 0 spiro atoms. The van der Waals surface area contributed by atoms with Crippen LogP contribution in [-0.4, -0.2) is 28.7 Å². The molecule has 0 bridgehead atoms. The lowest BCUT2D eigenvalue weighted by Gasteiger charge is -2.21. The number of amides is 1. The molecule has 1 atom stereocenters. The number of carbonyl (C=O) groups is 1. The van der Waals surface area contributed by atoms with Gasteiger partial charge in [-0.1, -0.05) is 35.9 Å². The van der Waals surface area contributed by atoms with Crippen molar-refractivity contribution in [2.75, 3.05) is 13.2 Å². The van der Waals surface area contributed by atoms with Crippen LogP contribution in [-0.2, 0) is 11.3 Å². The second-order valence-electron chi connectivity index (χ2n) is 8.07. The molecule has 2 aromatic heterocycles. The number of nitrogens with zero attached hydrogens (tertiary/aromatic N) is 2. The first-order valence-electron chi connectivity index (χ1n) is 10.7. The van der Waals surface area contributed by atoms with Crippen molar-refractivity contribution in [2.24, 2.45) is 0 Å². The Morgan fingerprint density at radius 2 is 1.91 bits per heavy atom. The van der Waals surface area contributed by atoms with E-state index in [2.05, 4.69) is 10.3 Å². The molecule has 5 rings (SSSR count). The number of carbonyl (C=O) groups excluding carboxylic acids is 1. The molecule has 0 saturated heterocycles. The number of ether oxygens (including phenoxy) is 2. The van der Waals surface area contributed by atoms with Gasteiger partial charge in [0.25, 0.3) is 5.56 Å². The van der Waals surface area contributed by atoms with Crippen molar-refractivity contribution < 1.29 is 14.3 Å². The van der Waals surface area contributed by atoms with Crippen molar-refractivity contribution in [2.45, 2.75) is 26.4 Å². The van der Waals surface area contributed by atoms with Gasteiger partial charge in [-0.2, -0.15) is 0 Å². The Labute approximate surface area is 194 Å². The summed E-state index contributed by atoms with van der Waals surface area (Å²) in [7, 11) is 0. The lowest BCUT2D eigenvalue weighted by Crippen LogP contribution is -2.34. The number of thiophene rings is 1. The smallest absolute Gasteiger partial charge is 0.263 e. The fourth-order valence-electron chi connectivity index (χ4n) is 3.88. The van der Waals surface area contributed by atoms with Crippen molar-refractivity contribution in [3.8, 4) is 22.6 Å². The van der Waals surface area contributed by atoms with Gasteiger partial charge in [-0.05, 0) is 37.1 Å². The first-order valence-corrected chi connectivity index (χ1v) is 11.6. The first-order chi connectivity index (χ1) is 16.0. The topological polar surface area (TPSA) is 82.5 Å². The summed E-state index contributed by atoms with van der Waals surface area (Å²) in [6, 6.07) is 13.4. The number of rotatable bonds is 5. The van der Waals surface area contributed by atoms with Crippen LogP contribution in [0.5, 0.6) is 11.5 Å². The van der Waals surface area contributed by atoms with Crippen LogP contribution in [0.2, 0.25) is 0 Å². The number of aromatic nitrogens is 2. The van der Waals surface area contributed by atoms with Gasteiger partial charge in [0, 0.05) is 10.9 Å². The molecule has 1 aliphatic rings. The van der Waals surface area contributed by atoms with Crippen molar-refractivity contribution in [1.29, 1.82) is 0 Å². The molecule has 1 unspecified atom stereocenters. The summed E-state index contributed by atoms with van der Waals surface area (Å²) in [5.74, 6) is 1.11. The van der Waals surface area contributed by atoms with E-state index in [9.17, 15) is 9.59 Å². The van der Waals surface area contributed by atoms with Crippen LogP contribution >= 0.6 is 11.3 Å². The number of aryl methyl sites for hydroxylation is 1. The predicted molar refractivity (Wildman–Crippen MR) is 128 cm³/mol. The highest BCUT2D eigenvalue weighted by Gasteiger charge is 2.18. The Morgan fingerprint density at radius 1 is 1.15 bits per heavy atom. The van der Waals surface area contributed by atoms with Crippen LogP contribution in [0.15, 0.2) is 59.0 Å². The van der Waals surface area contributed by atoms with E-state index in [1.807, 2.05) is 61.7 Å². The van der Waals surface area contributed by atoms with Crippen molar-refractivity contribution in [1.82, 2.24) is 14.9 Å². The minimum Gasteiger partial charge on any atom is -0.486 e. The number of benzene rings is 2. The molecule has 4 aromatic rings. The quantitative estimate of drug-likeness (QED) is 0.484. The zero-order valence-electron chi connectivity index (χ0n) is 18.3. The van der Waals surface area contributed by atoms with E-state index in [0.717, 1.165) is 22.3 Å². The zero-order chi connectivity index (χ0) is 22.9. The van der Waals surface area contributed by atoms with Gasteiger partial charge < -0.3 is 14.8 Å². The molecule has 1 amide bonds. The van der Waals surface area contributed by atoms with Crippen LogP contribution in [0, 0.1) is 6.92 Å². The lowest BCUT2D eigenvalue weighted by molar-refractivity contribution is -0.122. The summed E-state index contributed by atoms with van der Waals surface area (Å²) in [4.78, 5) is 31.1. The molecule has 0 aliphatic carbocycles. The van der Waals surface area contributed by atoms with E-state index in [0.29, 0.717) is 34.9 Å². The van der Waals surface area contributed by atoms with Crippen LogP contribution in [0.25, 0.3) is 21.3 Å². The minimum absolute atomic E-state index is 0.111. The molecule has 1 aliphatic heterocycles. The highest BCUT2D eigenvalue weighted by atomic mass is 32.1. The molecule has 0 fully saturated rings. The Bertz CT molecular complexity index is 1390. The van der Waals surface area contributed by atoms with Gasteiger partial charge in [0.15, 0.2) is 11.5 Å². The third kappa shape index (κ3) is 4.21. The predicted octanol–water partition coefficient (Wildman–Crippen LogP) is 4.08. The van der Waals surface area contributed by atoms with Crippen LogP contribution < -0.4 is 20.3 Å². The van der Waals surface area contributed by atoms with E-state index in [-0.39, 0.29) is 24.1 Å². The average Bonchev–Trinajstić information content (AvgIpc) is 3.26. The van der Waals surface area contributed by atoms with E-state index >= 15 is 0 Å². The van der Waals surface area contributed by atoms with Crippen LogP contribution in [0.1, 0.15) is 24.1 Å². The second-order valence-corrected chi connectivity index (χ2v) is 8.92. The summed E-state index contributed by atoms with van der Waals surface area (Å²) in [6.45, 7) is 4.83. The van der Waals surface area contributed by atoms with Crippen LogP contribution in [0.4, 0.5) is 0 Å². The zero-order valence-corrected chi connectivity index (χ0v) is 19.1. The molecule has 8 heteroatoms. The Balaban J connectivity index is 1.36. The first kappa shape index (κ1) is 21.2. The summed E-state index contributed by atoms with van der Waals surface area (Å²) >= 11 is 1.43. The molecular weight excluding hydrogens is 438 g/mol. The number of fused-ring (bicyclic) bond motifs is 2. The molecule has 1 N–H and O–H groups in total. The van der Waals surface area contributed by atoms with Crippen molar-refractivity contribution >= 4 is 27.5 Å². The third-order valence-corrected chi connectivity index (χ3v) is 6.57. The second kappa shape index (κ2) is 8.71. The molecule has 0 radical (unpaired) electrons. The van der Waals surface area contributed by atoms with Crippen LogP contribution in [0.3, 0.4) is 0 Å². The number of nitrogens with one attached hydrogen (secondary N) is 1. The van der Waals surface area contributed by atoms with Gasteiger partial charge in [-0.15, -0.1) is 11.3 Å². The summed E-state index contributed by atoms with van der Waals surface area (Å²) in [5, 5.41) is 5.44. The fourth-order valence-corrected chi connectivity index (χ4v) is 4.79. The van der Waals surface area contributed by atoms with Crippen molar-refractivity contribution in [3.05, 3.63) is 75.7 Å². The summed E-state index contributed by atoms with van der Waals surface area (Å²) in [6.07, 6.45) is 1.44. The normalized spacial score (nSPS) is 13.6. The monoisotopic (exact) mass is 461 g/mol. The summed E-state index contributed by atoms with van der Waals surface area (Å²) in [5.41, 5.74) is 3.62. The fraction of sp³-hybridized carbons (Fsp3) is 0.240. The van der Waals surface area contributed by atoms with E-state index in [1.54, 1.807) is 0 Å². The Kier molecular flexibility index (Phi) is 5.60. The van der Waals surface area contributed by atoms with E-state index in [1.165, 1.54) is 22.2 Å². The standard InChI is InChI=1S/C25H23N3O4S/c1-15-3-5-17(6-4-15)19-13-33-24-23(19)25(30)28(14-26-24)12-22(29)27-16(2)18-7-8-20-21(11-18)32-10-9-31-20/h3-8,11,13-14,16H,9-10,12H2,1-2H3,(H,27,29). The van der Waals surface area contributed by atoms with Gasteiger partial charge in [-0.25, -0.2) is 4.98 Å². The maximum atomic E-state index is 13.2. The average molecular weight is 462 g/mol. The van der Waals surface area contributed by atoms with Gasteiger partial charge in [0.2, 0.25) is 5.91 Å². The van der Waals surface area contributed by atoms with Gasteiger partial charge in [0.05, 0.1) is 17.8 Å². The molecule has 2 aromatic carbocycles. The molecule has 0 saturated carbocycles. The largest absolute Gasteiger partial charge is 0.486 e. The van der Waals surface area contributed by atoms with E-state index < -0.39 is 0 Å². The molecule has 3 heterocycles. The molecular formula is C25H23N3O4S. The van der Waals surface area contributed by atoms with Gasteiger partial charge >= 0.3 is 0 Å². The summed E-state index contributed by atoms with van der Waals surface area (Å²) < 4.78 is 12.5. The molecule has 7 nitrogen and oxygen atoms in total. The minimum atomic E-state index is -0.271.